The fourth-order valence-electron chi connectivity index (χ4n) is 2.83. The molecule has 0 heterocycles. The van der Waals surface area contributed by atoms with Crippen molar-refractivity contribution in [2.24, 2.45) is 5.73 Å². The first-order valence-corrected chi connectivity index (χ1v) is 7.17. The Morgan fingerprint density at radius 1 is 1.10 bits per heavy atom. The van der Waals surface area contributed by atoms with Gasteiger partial charge in [-0.05, 0) is 54.5 Å². The number of nitrogens with two attached hydrogens (primary N) is 1. The molecule has 2 heteroatoms. The van der Waals surface area contributed by atoms with E-state index in [2.05, 4.69) is 24.3 Å². The fraction of sp³-hybridized carbons (Fsp3) is 0.333. The highest BCUT2D eigenvalue weighted by atomic mass is 19.1. The zero-order valence-corrected chi connectivity index (χ0v) is 11.8. The molecule has 1 fully saturated rings. The molecule has 0 aromatic heterocycles. The smallest absolute Gasteiger partial charge is 0.126 e. The summed E-state index contributed by atoms with van der Waals surface area (Å²) in [5.41, 5.74) is 10.6. The van der Waals surface area contributed by atoms with Gasteiger partial charge in [0.1, 0.15) is 5.82 Å². The second kappa shape index (κ2) is 5.02. The van der Waals surface area contributed by atoms with E-state index < -0.39 is 0 Å². The highest BCUT2D eigenvalue weighted by molar-refractivity contribution is 5.37. The molecule has 2 N–H and O–H groups in total. The number of halogens is 1. The van der Waals surface area contributed by atoms with Gasteiger partial charge in [0.05, 0.1) is 0 Å². The molecule has 0 unspecified atom stereocenters. The van der Waals surface area contributed by atoms with Crippen LogP contribution in [-0.2, 0) is 11.8 Å². The lowest BCUT2D eigenvalue weighted by molar-refractivity contribution is 0.618. The number of aryl methyl sites for hydroxylation is 1. The number of hydrogen-bond acceptors (Lipinski definition) is 1. The summed E-state index contributed by atoms with van der Waals surface area (Å²) in [5.74, 6) is -0.137. The molecule has 20 heavy (non-hydrogen) atoms. The monoisotopic (exact) mass is 269 g/mol. The molecule has 1 aliphatic carbocycles. The van der Waals surface area contributed by atoms with Crippen LogP contribution in [0.1, 0.15) is 35.1 Å². The number of rotatable bonds is 4. The molecular formula is C18H20FN. The molecule has 0 radical (unpaired) electrons. The largest absolute Gasteiger partial charge is 0.330 e. The standard InChI is InChI=1S/C18H20FN/c1-13-9-15(5-6-17(13)19)10-14-3-2-4-16(11-14)18(12-20)7-8-18/h2-6,9,11H,7-8,10,12,20H2,1H3. The Kier molecular flexibility index (Phi) is 3.35. The van der Waals surface area contributed by atoms with Gasteiger partial charge in [-0.1, -0.05) is 36.4 Å². The van der Waals surface area contributed by atoms with Crippen LogP contribution >= 0.6 is 0 Å². The van der Waals surface area contributed by atoms with E-state index in [1.54, 1.807) is 6.07 Å². The fourth-order valence-corrected chi connectivity index (χ4v) is 2.83. The molecule has 0 amide bonds. The average molecular weight is 269 g/mol. The van der Waals surface area contributed by atoms with E-state index in [9.17, 15) is 4.39 Å². The summed E-state index contributed by atoms with van der Waals surface area (Å²) >= 11 is 0. The summed E-state index contributed by atoms with van der Waals surface area (Å²) in [4.78, 5) is 0. The molecule has 1 nitrogen and oxygen atoms in total. The van der Waals surface area contributed by atoms with Crippen molar-refractivity contribution >= 4 is 0 Å². The first-order valence-electron chi connectivity index (χ1n) is 7.17. The molecule has 0 spiro atoms. The molecular weight excluding hydrogens is 249 g/mol. The zero-order valence-electron chi connectivity index (χ0n) is 11.8. The van der Waals surface area contributed by atoms with Crippen molar-refractivity contribution in [1.82, 2.24) is 0 Å². The first-order chi connectivity index (χ1) is 9.63. The minimum Gasteiger partial charge on any atom is -0.330 e. The van der Waals surface area contributed by atoms with Crippen molar-refractivity contribution < 1.29 is 4.39 Å². The Balaban J connectivity index is 1.84. The molecule has 2 aromatic rings. The molecule has 0 saturated heterocycles. The van der Waals surface area contributed by atoms with Gasteiger partial charge >= 0.3 is 0 Å². The number of hydrogen-bond donors (Lipinski definition) is 1. The quantitative estimate of drug-likeness (QED) is 0.899. The van der Waals surface area contributed by atoms with E-state index in [1.807, 2.05) is 19.1 Å². The normalized spacial score (nSPS) is 16.1. The molecule has 3 rings (SSSR count). The molecule has 104 valence electrons. The molecule has 1 aliphatic rings. The van der Waals surface area contributed by atoms with E-state index in [0.29, 0.717) is 5.56 Å². The minimum atomic E-state index is -0.137. The van der Waals surface area contributed by atoms with Gasteiger partial charge in [0.15, 0.2) is 0 Å². The topological polar surface area (TPSA) is 26.0 Å². The lowest BCUT2D eigenvalue weighted by Gasteiger charge is -2.14. The molecule has 0 atom stereocenters. The second-order valence-electron chi connectivity index (χ2n) is 5.95. The second-order valence-corrected chi connectivity index (χ2v) is 5.95. The van der Waals surface area contributed by atoms with Gasteiger partial charge < -0.3 is 5.73 Å². The third kappa shape index (κ3) is 2.48. The van der Waals surface area contributed by atoms with Crippen LogP contribution in [-0.4, -0.2) is 6.54 Å². The Morgan fingerprint density at radius 2 is 1.85 bits per heavy atom. The Morgan fingerprint density at radius 3 is 2.50 bits per heavy atom. The van der Waals surface area contributed by atoms with Crippen LogP contribution in [0.15, 0.2) is 42.5 Å². The average Bonchev–Trinajstić information content (AvgIpc) is 3.24. The third-order valence-corrected chi connectivity index (χ3v) is 4.41. The summed E-state index contributed by atoms with van der Waals surface area (Å²) in [6.45, 7) is 2.54. The Labute approximate surface area is 119 Å². The molecule has 2 aromatic carbocycles. The van der Waals surface area contributed by atoms with E-state index >= 15 is 0 Å². The summed E-state index contributed by atoms with van der Waals surface area (Å²) < 4.78 is 13.3. The van der Waals surface area contributed by atoms with E-state index in [0.717, 1.165) is 18.5 Å². The van der Waals surface area contributed by atoms with E-state index in [1.165, 1.54) is 24.0 Å². The predicted molar refractivity (Wildman–Crippen MR) is 80.4 cm³/mol. The van der Waals surface area contributed by atoms with Gasteiger partial charge in [0.25, 0.3) is 0 Å². The van der Waals surface area contributed by atoms with Crippen molar-refractivity contribution in [2.45, 2.75) is 31.6 Å². The van der Waals surface area contributed by atoms with Crippen molar-refractivity contribution in [3.8, 4) is 0 Å². The van der Waals surface area contributed by atoms with Crippen molar-refractivity contribution in [3.05, 3.63) is 70.5 Å². The number of benzene rings is 2. The van der Waals surface area contributed by atoms with Gasteiger partial charge in [0, 0.05) is 12.0 Å². The van der Waals surface area contributed by atoms with Crippen LogP contribution in [0.4, 0.5) is 4.39 Å². The maximum atomic E-state index is 13.3. The van der Waals surface area contributed by atoms with Crippen molar-refractivity contribution in [2.75, 3.05) is 6.54 Å². The Bertz CT molecular complexity index is 629. The Hall–Kier alpha value is -1.67. The van der Waals surface area contributed by atoms with Crippen molar-refractivity contribution in [3.63, 3.8) is 0 Å². The van der Waals surface area contributed by atoms with E-state index in [4.69, 9.17) is 5.73 Å². The molecule has 0 bridgehead atoms. The van der Waals surface area contributed by atoms with Gasteiger partial charge in [-0.2, -0.15) is 0 Å². The molecule has 1 saturated carbocycles. The van der Waals surface area contributed by atoms with Gasteiger partial charge in [-0.15, -0.1) is 0 Å². The minimum absolute atomic E-state index is 0.137. The van der Waals surface area contributed by atoms with Gasteiger partial charge in [0.2, 0.25) is 0 Å². The highest BCUT2D eigenvalue weighted by Crippen LogP contribution is 2.47. The van der Waals surface area contributed by atoms with Crippen LogP contribution < -0.4 is 5.73 Å². The van der Waals surface area contributed by atoms with Crippen LogP contribution in [0.25, 0.3) is 0 Å². The van der Waals surface area contributed by atoms with Crippen molar-refractivity contribution in [1.29, 1.82) is 0 Å². The highest BCUT2D eigenvalue weighted by Gasteiger charge is 2.42. The van der Waals surface area contributed by atoms with E-state index in [-0.39, 0.29) is 11.2 Å². The van der Waals surface area contributed by atoms with Crippen LogP contribution in [0.2, 0.25) is 0 Å². The third-order valence-electron chi connectivity index (χ3n) is 4.41. The van der Waals surface area contributed by atoms with Gasteiger partial charge in [-0.3, -0.25) is 0 Å². The summed E-state index contributed by atoms with van der Waals surface area (Å²) in [5, 5.41) is 0. The SMILES string of the molecule is Cc1cc(Cc2cccc(C3(CN)CC3)c2)ccc1F. The summed E-state index contributed by atoms with van der Waals surface area (Å²) in [6, 6.07) is 14.0. The summed E-state index contributed by atoms with van der Waals surface area (Å²) in [7, 11) is 0. The predicted octanol–water partition coefficient (Wildman–Crippen LogP) is 3.72. The zero-order chi connectivity index (χ0) is 14.2. The van der Waals surface area contributed by atoms with Crippen LogP contribution in [0, 0.1) is 12.7 Å². The van der Waals surface area contributed by atoms with Crippen LogP contribution in [0.3, 0.4) is 0 Å². The maximum absolute atomic E-state index is 13.3. The lowest BCUT2D eigenvalue weighted by atomic mass is 9.93. The van der Waals surface area contributed by atoms with Crippen LogP contribution in [0.5, 0.6) is 0 Å². The molecule has 0 aliphatic heterocycles. The summed E-state index contributed by atoms with van der Waals surface area (Å²) in [6.07, 6.45) is 3.24. The lowest BCUT2D eigenvalue weighted by Crippen LogP contribution is -2.19. The maximum Gasteiger partial charge on any atom is 0.126 e. The first kappa shape index (κ1) is 13.3. The van der Waals surface area contributed by atoms with Gasteiger partial charge in [-0.25, -0.2) is 4.39 Å².